The molecule has 1 fully saturated rings. The van der Waals surface area contributed by atoms with Crippen molar-refractivity contribution in [3.05, 3.63) is 11.6 Å². The molecule has 0 aromatic rings. The van der Waals surface area contributed by atoms with E-state index >= 15 is 0 Å². The van der Waals surface area contributed by atoms with E-state index in [1.165, 1.54) is 0 Å². The highest BCUT2D eigenvalue weighted by atomic mass is 35.5. The maximum absolute atomic E-state index is 10.8. The zero-order valence-electron chi connectivity index (χ0n) is 7.50. The zero-order chi connectivity index (χ0) is 9.84. The number of carbonyl (C=O) groups is 1. The standard InChI is InChI=1S/C9H14ClNO2/c1-7(10)6-11-5-3-2-4-8(11)9(12)13/h8H,1-6H2,(H,12,13). The molecule has 0 radical (unpaired) electrons. The summed E-state index contributed by atoms with van der Waals surface area (Å²) in [5, 5.41) is 9.41. The number of halogens is 1. The van der Waals surface area contributed by atoms with Gasteiger partial charge in [0.15, 0.2) is 0 Å². The van der Waals surface area contributed by atoms with E-state index < -0.39 is 5.97 Å². The van der Waals surface area contributed by atoms with Gasteiger partial charge in [0.1, 0.15) is 6.04 Å². The lowest BCUT2D eigenvalue weighted by Gasteiger charge is -2.32. The Hall–Kier alpha value is -0.540. The van der Waals surface area contributed by atoms with E-state index in [1.54, 1.807) is 0 Å². The molecule has 1 heterocycles. The first-order valence-corrected chi connectivity index (χ1v) is 4.79. The van der Waals surface area contributed by atoms with E-state index in [1.807, 2.05) is 4.90 Å². The van der Waals surface area contributed by atoms with Gasteiger partial charge in [-0.25, -0.2) is 0 Å². The van der Waals surface area contributed by atoms with Gasteiger partial charge < -0.3 is 5.11 Å². The molecule has 0 spiro atoms. The van der Waals surface area contributed by atoms with Gasteiger partial charge in [0.25, 0.3) is 0 Å². The first kappa shape index (κ1) is 10.5. The Labute approximate surface area is 83.0 Å². The minimum atomic E-state index is -0.752. The third-order valence-corrected chi connectivity index (χ3v) is 2.39. The molecule has 0 bridgehead atoms. The molecule has 1 unspecified atom stereocenters. The first-order valence-electron chi connectivity index (χ1n) is 4.41. The Morgan fingerprint density at radius 1 is 1.62 bits per heavy atom. The van der Waals surface area contributed by atoms with Crippen LogP contribution in [0.15, 0.2) is 11.6 Å². The number of aliphatic carboxylic acids is 1. The highest BCUT2D eigenvalue weighted by Gasteiger charge is 2.27. The molecule has 74 valence electrons. The van der Waals surface area contributed by atoms with Gasteiger partial charge in [0.2, 0.25) is 0 Å². The van der Waals surface area contributed by atoms with E-state index in [4.69, 9.17) is 16.7 Å². The molecule has 1 aliphatic rings. The van der Waals surface area contributed by atoms with Gasteiger partial charge in [-0.3, -0.25) is 9.69 Å². The molecular formula is C9H14ClNO2. The molecule has 4 heteroatoms. The Kier molecular flexibility index (Phi) is 3.75. The van der Waals surface area contributed by atoms with E-state index in [2.05, 4.69) is 6.58 Å². The van der Waals surface area contributed by atoms with Gasteiger partial charge in [0.05, 0.1) is 0 Å². The summed E-state index contributed by atoms with van der Waals surface area (Å²) in [5.74, 6) is -0.752. The Morgan fingerprint density at radius 3 is 2.85 bits per heavy atom. The average molecular weight is 204 g/mol. The molecule has 0 aromatic carbocycles. The third kappa shape index (κ3) is 3.01. The van der Waals surface area contributed by atoms with E-state index in [0.29, 0.717) is 11.6 Å². The van der Waals surface area contributed by atoms with E-state index in [0.717, 1.165) is 25.8 Å². The van der Waals surface area contributed by atoms with Crippen LogP contribution < -0.4 is 0 Å². The van der Waals surface area contributed by atoms with Gasteiger partial charge in [-0.2, -0.15) is 0 Å². The fraction of sp³-hybridized carbons (Fsp3) is 0.667. The maximum Gasteiger partial charge on any atom is 0.320 e. The molecule has 0 aromatic heterocycles. The number of rotatable bonds is 3. The molecule has 1 atom stereocenters. The van der Waals surface area contributed by atoms with Crippen LogP contribution in [-0.2, 0) is 4.79 Å². The summed E-state index contributed by atoms with van der Waals surface area (Å²) in [6.45, 7) is 4.87. The molecular weight excluding hydrogens is 190 g/mol. The lowest BCUT2D eigenvalue weighted by molar-refractivity contribution is -0.144. The molecule has 3 nitrogen and oxygen atoms in total. The Bertz CT molecular complexity index is 218. The third-order valence-electron chi connectivity index (χ3n) is 2.27. The summed E-state index contributed by atoms with van der Waals surface area (Å²) in [6.07, 6.45) is 2.76. The van der Waals surface area contributed by atoms with Crippen LogP contribution in [0.4, 0.5) is 0 Å². The lowest BCUT2D eigenvalue weighted by atomic mass is 10.0. The maximum atomic E-state index is 10.8. The molecule has 1 saturated heterocycles. The van der Waals surface area contributed by atoms with E-state index in [-0.39, 0.29) is 6.04 Å². The number of hydrogen-bond acceptors (Lipinski definition) is 2. The van der Waals surface area contributed by atoms with Crippen molar-refractivity contribution in [2.45, 2.75) is 25.3 Å². The summed E-state index contributed by atoms with van der Waals surface area (Å²) < 4.78 is 0. The van der Waals surface area contributed by atoms with Crippen LogP contribution >= 0.6 is 11.6 Å². The van der Waals surface area contributed by atoms with Crippen molar-refractivity contribution in [3.8, 4) is 0 Å². The SMILES string of the molecule is C=C(Cl)CN1CCCCC1C(=O)O. The fourth-order valence-electron chi connectivity index (χ4n) is 1.68. The highest BCUT2D eigenvalue weighted by Crippen LogP contribution is 2.18. The number of carboxylic acids is 1. The topological polar surface area (TPSA) is 40.5 Å². The second-order valence-electron chi connectivity index (χ2n) is 3.34. The van der Waals surface area contributed by atoms with Gasteiger partial charge >= 0.3 is 5.97 Å². The monoisotopic (exact) mass is 203 g/mol. The van der Waals surface area contributed by atoms with Crippen molar-refractivity contribution in [1.82, 2.24) is 4.90 Å². The van der Waals surface area contributed by atoms with Crippen LogP contribution in [0.1, 0.15) is 19.3 Å². The number of carboxylic acid groups (broad SMARTS) is 1. The molecule has 1 N–H and O–H groups in total. The molecule has 0 aliphatic carbocycles. The van der Waals surface area contributed by atoms with Crippen LogP contribution in [0.5, 0.6) is 0 Å². The second-order valence-corrected chi connectivity index (χ2v) is 3.87. The number of nitrogens with zero attached hydrogens (tertiary/aromatic N) is 1. The quantitative estimate of drug-likeness (QED) is 0.759. The van der Waals surface area contributed by atoms with Crippen LogP contribution in [0.25, 0.3) is 0 Å². The van der Waals surface area contributed by atoms with Crippen molar-refractivity contribution in [3.63, 3.8) is 0 Å². The fourth-order valence-corrected chi connectivity index (χ4v) is 1.83. The molecule has 1 rings (SSSR count). The largest absolute Gasteiger partial charge is 0.480 e. The van der Waals surface area contributed by atoms with Gasteiger partial charge in [-0.05, 0) is 19.4 Å². The van der Waals surface area contributed by atoms with Gasteiger partial charge in [-0.1, -0.05) is 24.6 Å². The number of likely N-dealkylation sites (tertiary alicyclic amines) is 1. The number of piperidine rings is 1. The zero-order valence-corrected chi connectivity index (χ0v) is 8.26. The Balaban J connectivity index is 2.56. The van der Waals surface area contributed by atoms with Crippen LogP contribution in [-0.4, -0.2) is 35.1 Å². The van der Waals surface area contributed by atoms with Crippen molar-refractivity contribution in [2.24, 2.45) is 0 Å². The highest BCUT2D eigenvalue weighted by molar-refractivity contribution is 6.29. The minimum absolute atomic E-state index is 0.371. The summed E-state index contributed by atoms with van der Waals surface area (Å²) in [7, 11) is 0. The summed E-state index contributed by atoms with van der Waals surface area (Å²) in [6, 6.07) is -0.371. The lowest BCUT2D eigenvalue weighted by Crippen LogP contribution is -2.45. The van der Waals surface area contributed by atoms with Crippen molar-refractivity contribution in [1.29, 1.82) is 0 Å². The normalized spacial score (nSPS) is 24.2. The first-order chi connectivity index (χ1) is 6.11. The second kappa shape index (κ2) is 4.63. The Morgan fingerprint density at radius 2 is 2.31 bits per heavy atom. The minimum Gasteiger partial charge on any atom is -0.480 e. The summed E-state index contributed by atoms with van der Waals surface area (Å²) in [4.78, 5) is 12.7. The van der Waals surface area contributed by atoms with E-state index in [9.17, 15) is 4.79 Å². The molecule has 13 heavy (non-hydrogen) atoms. The average Bonchev–Trinajstić information content (AvgIpc) is 2.03. The van der Waals surface area contributed by atoms with Crippen molar-refractivity contribution >= 4 is 17.6 Å². The van der Waals surface area contributed by atoms with Crippen LogP contribution in [0, 0.1) is 0 Å². The predicted octanol–water partition coefficient (Wildman–Crippen LogP) is 1.68. The van der Waals surface area contributed by atoms with Crippen molar-refractivity contribution < 1.29 is 9.90 Å². The molecule has 0 amide bonds. The van der Waals surface area contributed by atoms with Gasteiger partial charge in [0, 0.05) is 11.6 Å². The van der Waals surface area contributed by atoms with Crippen LogP contribution in [0.3, 0.4) is 0 Å². The summed E-state index contributed by atoms with van der Waals surface area (Å²) >= 11 is 5.65. The van der Waals surface area contributed by atoms with Crippen LogP contribution in [0.2, 0.25) is 0 Å². The smallest absolute Gasteiger partial charge is 0.320 e. The van der Waals surface area contributed by atoms with Gasteiger partial charge in [-0.15, -0.1) is 0 Å². The summed E-state index contributed by atoms with van der Waals surface area (Å²) in [5.41, 5.74) is 0. The van der Waals surface area contributed by atoms with Crippen molar-refractivity contribution in [2.75, 3.05) is 13.1 Å². The molecule has 0 saturated carbocycles. The number of hydrogen-bond donors (Lipinski definition) is 1. The molecule has 1 aliphatic heterocycles. The predicted molar refractivity (Wildman–Crippen MR) is 51.8 cm³/mol.